The number of ether oxygens (including phenoxy) is 2. The highest BCUT2D eigenvalue weighted by Crippen LogP contribution is 2.35. The number of fused-ring (bicyclic) bond motifs is 1. The number of nitrogens with two attached hydrogens (primary N) is 1. The zero-order valence-electron chi connectivity index (χ0n) is 10.0. The molecule has 0 amide bonds. The average Bonchev–Trinajstić information content (AvgIpc) is 2.29. The van der Waals surface area contributed by atoms with Gasteiger partial charge in [-0.05, 0) is 37.8 Å². The summed E-state index contributed by atoms with van der Waals surface area (Å²) in [5.74, 6) is 1.55. The van der Waals surface area contributed by atoms with Gasteiger partial charge in [0.25, 0.3) is 0 Å². The van der Waals surface area contributed by atoms with Crippen LogP contribution in [-0.4, -0.2) is 19.3 Å². The molecule has 0 saturated heterocycles. The maximum atomic E-state index is 6.21. The van der Waals surface area contributed by atoms with Gasteiger partial charge in [-0.1, -0.05) is 11.6 Å². The van der Waals surface area contributed by atoms with Crippen molar-refractivity contribution in [2.45, 2.75) is 32.2 Å². The number of rotatable bonds is 4. The molecule has 1 aliphatic heterocycles. The Morgan fingerprint density at radius 3 is 2.59 bits per heavy atom. The summed E-state index contributed by atoms with van der Waals surface area (Å²) >= 11 is 6.21. The molecule has 94 valence electrons. The molecule has 1 unspecified atom stereocenters. The number of hydrogen-bond acceptors (Lipinski definition) is 3. The Labute approximate surface area is 107 Å². The molecule has 0 bridgehead atoms. The summed E-state index contributed by atoms with van der Waals surface area (Å²) < 4.78 is 11.0. The van der Waals surface area contributed by atoms with E-state index in [1.165, 1.54) is 0 Å². The van der Waals surface area contributed by atoms with E-state index >= 15 is 0 Å². The summed E-state index contributed by atoms with van der Waals surface area (Å²) in [6, 6.07) is 4.07. The van der Waals surface area contributed by atoms with Gasteiger partial charge in [0.1, 0.15) is 13.2 Å². The molecule has 2 N–H and O–H groups in total. The molecule has 17 heavy (non-hydrogen) atoms. The van der Waals surface area contributed by atoms with Gasteiger partial charge in [-0.15, -0.1) is 0 Å². The molecular weight excluding hydrogens is 238 g/mol. The third-order valence-corrected chi connectivity index (χ3v) is 3.17. The van der Waals surface area contributed by atoms with E-state index in [2.05, 4.69) is 0 Å². The van der Waals surface area contributed by atoms with E-state index in [1.807, 2.05) is 19.1 Å². The minimum absolute atomic E-state index is 0.242. The Morgan fingerprint density at radius 1 is 1.29 bits per heavy atom. The number of hydrogen-bond donors (Lipinski definition) is 1. The van der Waals surface area contributed by atoms with Crippen LogP contribution >= 0.6 is 11.6 Å². The molecule has 1 heterocycles. The van der Waals surface area contributed by atoms with Crippen molar-refractivity contribution < 1.29 is 9.47 Å². The van der Waals surface area contributed by atoms with E-state index in [-0.39, 0.29) is 6.04 Å². The van der Waals surface area contributed by atoms with Crippen LogP contribution in [0.5, 0.6) is 11.5 Å². The third-order valence-electron chi connectivity index (χ3n) is 2.82. The fourth-order valence-electron chi connectivity index (χ4n) is 1.91. The lowest BCUT2D eigenvalue weighted by atomic mass is 10.0. The summed E-state index contributed by atoms with van der Waals surface area (Å²) in [5.41, 5.74) is 6.84. The second-order valence-corrected chi connectivity index (χ2v) is 4.86. The normalized spacial score (nSPS) is 15.7. The smallest absolute Gasteiger partial charge is 0.162 e. The second-order valence-electron chi connectivity index (χ2n) is 4.46. The fraction of sp³-hybridized carbons (Fsp3) is 0.538. The van der Waals surface area contributed by atoms with E-state index in [9.17, 15) is 0 Å². The van der Waals surface area contributed by atoms with E-state index in [0.29, 0.717) is 13.2 Å². The van der Waals surface area contributed by atoms with Crippen LogP contribution in [0.25, 0.3) is 0 Å². The van der Waals surface area contributed by atoms with Crippen molar-refractivity contribution in [1.82, 2.24) is 0 Å². The first-order chi connectivity index (χ1) is 8.16. The highest BCUT2D eigenvalue weighted by molar-refractivity contribution is 6.31. The predicted octanol–water partition coefficient (Wildman–Crippen LogP) is 2.78. The molecule has 1 aromatic carbocycles. The minimum Gasteiger partial charge on any atom is -0.486 e. The van der Waals surface area contributed by atoms with Crippen LogP contribution in [0.2, 0.25) is 5.02 Å². The van der Waals surface area contributed by atoms with Gasteiger partial charge < -0.3 is 15.2 Å². The molecule has 0 radical (unpaired) electrons. The van der Waals surface area contributed by atoms with Crippen LogP contribution in [0.15, 0.2) is 12.1 Å². The molecule has 0 spiro atoms. The monoisotopic (exact) mass is 255 g/mol. The molecule has 4 heteroatoms. The molecule has 0 aromatic heterocycles. The average molecular weight is 256 g/mol. The predicted molar refractivity (Wildman–Crippen MR) is 69.0 cm³/mol. The van der Waals surface area contributed by atoms with Crippen LogP contribution in [0, 0.1) is 0 Å². The number of aryl methyl sites for hydroxylation is 1. The Bertz CT molecular complexity index is 393. The van der Waals surface area contributed by atoms with Crippen molar-refractivity contribution in [3.05, 3.63) is 22.7 Å². The summed E-state index contributed by atoms with van der Waals surface area (Å²) in [6.07, 6.45) is 2.97. The first kappa shape index (κ1) is 12.5. The number of halogens is 1. The Kier molecular flexibility index (Phi) is 4.13. The van der Waals surface area contributed by atoms with Crippen molar-refractivity contribution in [2.24, 2.45) is 5.73 Å². The lowest BCUT2D eigenvalue weighted by Gasteiger charge is -2.19. The summed E-state index contributed by atoms with van der Waals surface area (Å²) in [6.45, 7) is 3.21. The van der Waals surface area contributed by atoms with Gasteiger partial charge in [-0.2, -0.15) is 0 Å². The highest BCUT2D eigenvalue weighted by Gasteiger charge is 2.14. The molecular formula is C13H18ClNO2. The first-order valence-corrected chi connectivity index (χ1v) is 6.38. The van der Waals surface area contributed by atoms with Gasteiger partial charge in [0.15, 0.2) is 11.5 Å². The Balaban J connectivity index is 2.06. The minimum atomic E-state index is 0.242. The summed E-state index contributed by atoms with van der Waals surface area (Å²) in [4.78, 5) is 0. The molecule has 0 saturated carbocycles. The molecule has 1 aromatic rings. The Hall–Kier alpha value is -0.930. The van der Waals surface area contributed by atoms with Gasteiger partial charge >= 0.3 is 0 Å². The number of benzene rings is 1. The van der Waals surface area contributed by atoms with Crippen molar-refractivity contribution in [2.75, 3.05) is 13.2 Å². The van der Waals surface area contributed by atoms with Gasteiger partial charge in [-0.3, -0.25) is 0 Å². The van der Waals surface area contributed by atoms with Crippen molar-refractivity contribution >= 4 is 11.6 Å². The van der Waals surface area contributed by atoms with Gasteiger partial charge in [0, 0.05) is 17.1 Å². The zero-order valence-corrected chi connectivity index (χ0v) is 10.8. The van der Waals surface area contributed by atoms with Gasteiger partial charge in [0.2, 0.25) is 0 Å². The third kappa shape index (κ3) is 3.27. The SMILES string of the molecule is CC(N)CCCc1cc2c(cc1Cl)OCCO2. The molecule has 3 nitrogen and oxygen atoms in total. The molecule has 1 atom stereocenters. The maximum Gasteiger partial charge on any atom is 0.162 e. The van der Waals surface area contributed by atoms with E-state index in [1.54, 1.807) is 0 Å². The fourth-order valence-corrected chi connectivity index (χ4v) is 2.16. The zero-order chi connectivity index (χ0) is 12.3. The first-order valence-electron chi connectivity index (χ1n) is 6.00. The van der Waals surface area contributed by atoms with Gasteiger partial charge in [0.05, 0.1) is 0 Å². The van der Waals surface area contributed by atoms with Crippen LogP contribution in [0.4, 0.5) is 0 Å². The van der Waals surface area contributed by atoms with Crippen molar-refractivity contribution in [1.29, 1.82) is 0 Å². The van der Waals surface area contributed by atoms with Crippen LogP contribution < -0.4 is 15.2 Å². The van der Waals surface area contributed by atoms with Crippen molar-refractivity contribution in [3.8, 4) is 11.5 Å². The largest absolute Gasteiger partial charge is 0.486 e. The van der Waals surface area contributed by atoms with Crippen LogP contribution in [-0.2, 0) is 6.42 Å². The lowest BCUT2D eigenvalue weighted by molar-refractivity contribution is 0.171. The summed E-state index contributed by atoms with van der Waals surface area (Å²) in [7, 11) is 0. The molecule has 2 rings (SSSR count). The molecule has 1 aliphatic rings. The van der Waals surface area contributed by atoms with Crippen molar-refractivity contribution in [3.63, 3.8) is 0 Å². The molecule has 0 fully saturated rings. The van der Waals surface area contributed by atoms with E-state index < -0.39 is 0 Å². The quantitative estimate of drug-likeness (QED) is 0.900. The summed E-state index contributed by atoms with van der Waals surface area (Å²) in [5, 5.41) is 0.749. The second kappa shape index (κ2) is 5.61. The van der Waals surface area contributed by atoms with E-state index in [0.717, 1.165) is 41.3 Å². The van der Waals surface area contributed by atoms with Crippen LogP contribution in [0.1, 0.15) is 25.3 Å². The van der Waals surface area contributed by atoms with Gasteiger partial charge in [-0.25, -0.2) is 0 Å². The highest BCUT2D eigenvalue weighted by atomic mass is 35.5. The maximum absolute atomic E-state index is 6.21. The van der Waals surface area contributed by atoms with E-state index in [4.69, 9.17) is 26.8 Å². The Morgan fingerprint density at radius 2 is 1.94 bits per heavy atom. The molecule has 0 aliphatic carbocycles. The standard InChI is InChI=1S/C13H18ClNO2/c1-9(15)3-2-4-10-7-12-13(8-11(10)14)17-6-5-16-12/h7-9H,2-6,15H2,1H3. The lowest BCUT2D eigenvalue weighted by Crippen LogP contribution is -2.16. The topological polar surface area (TPSA) is 44.5 Å². The van der Waals surface area contributed by atoms with Crippen LogP contribution in [0.3, 0.4) is 0 Å².